The highest BCUT2D eigenvalue weighted by molar-refractivity contribution is 7.89. The number of hydrogen-bond acceptors (Lipinski definition) is 6. The number of rotatable bonds is 7. The Labute approximate surface area is 192 Å². The third kappa shape index (κ3) is 5.55. The minimum absolute atomic E-state index is 0.0874. The molecule has 33 heavy (non-hydrogen) atoms. The molecule has 2 amide bonds. The van der Waals surface area contributed by atoms with Crippen LogP contribution >= 0.6 is 0 Å². The first-order valence-corrected chi connectivity index (χ1v) is 11.9. The molecule has 1 aliphatic heterocycles. The zero-order chi connectivity index (χ0) is 24.2. The van der Waals surface area contributed by atoms with Gasteiger partial charge in [0.25, 0.3) is 11.6 Å². The number of amides is 2. The molecule has 0 aliphatic carbocycles. The predicted molar refractivity (Wildman–Crippen MR) is 121 cm³/mol. The second-order valence-electron chi connectivity index (χ2n) is 7.88. The van der Waals surface area contributed by atoms with E-state index in [0.29, 0.717) is 24.0 Å². The monoisotopic (exact) mass is 474 g/mol. The summed E-state index contributed by atoms with van der Waals surface area (Å²) in [4.78, 5) is 34.7. The lowest BCUT2D eigenvalue weighted by atomic mass is 9.97. The predicted octanol–water partition coefficient (Wildman–Crippen LogP) is 1.98. The highest BCUT2D eigenvalue weighted by Crippen LogP contribution is 2.28. The van der Waals surface area contributed by atoms with Gasteiger partial charge in [0.15, 0.2) is 0 Å². The van der Waals surface area contributed by atoms with Gasteiger partial charge in [-0.3, -0.25) is 19.7 Å². The molecule has 1 fully saturated rings. The van der Waals surface area contributed by atoms with Crippen molar-refractivity contribution in [3.8, 4) is 0 Å². The summed E-state index contributed by atoms with van der Waals surface area (Å²) in [7, 11) is -2.36. The van der Waals surface area contributed by atoms with E-state index in [1.165, 1.54) is 16.4 Å². The second kappa shape index (κ2) is 10.1. The van der Waals surface area contributed by atoms with Gasteiger partial charge in [-0.2, -0.15) is 4.31 Å². The molecule has 0 unspecified atom stereocenters. The van der Waals surface area contributed by atoms with E-state index in [1.807, 2.05) is 6.07 Å². The first-order chi connectivity index (χ1) is 15.6. The number of nitro benzene ring substituents is 1. The van der Waals surface area contributed by atoms with E-state index in [0.717, 1.165) is 11.6 Å². The Hall–Kier alpha value is -3.31. The van der Waals surface area contributed by atoms with Crippen LogP contribution in [0.4, 0.5) is 5.69 Å². The van der Waals surface area contributed by atoms with Crippen LogP contribution in [-0.2, 0) is 21.4 Å². The highest BCUT2D eigenvalue weighted by atomic mass is 32.2. The summed E-state index contributed by atoms with van der Waals surface area (Å²) in [6.07, 6.45) is 0.689. The third-order valence-corrected chi connectivity index (χ3v) is 7.75. The number of nitro groups is 1. The van der Waals surface area contributed by atoms with Crippen molar-refractivity contribution in [2.24, 2.45) is 5.92 Å². The van der Waals surface area contributed by atoms with Gasteiger partial charge >= 0.3 is 0 Å². The maximum Gasteiger partial charge on any atom is 0.270 e. The van der Waals surface area contributed by atoms with Crippen molar-refractivity contribution in [2.75, 3.05) is 20.1 Å². The highest BCUT2D eigenvalue weighted by Gasteiger charge is 2.33. The van der Waals surface area contributed by atoms with Crippen LogP contribution in [0.1, 0.15) is 34.3 Å². The lowest BCUT2D eigenvalue weighted by molar-refractivity contribution is -0.385. The molecule has 0 atom stereocenters. The van der Waals surface area contributed by atoms with Crippen LogP contribution in [0.15, 0.2) is 47.4 Å². The Balaban J connectivity index is 1.60. The number of carbonyl (C=O) groups is 2. The fourth-order valence-corrected chi connectivity index (χ4v) is 5.49. The zero-order valence-electron chi connectivity index (χ0n) is 18.4. The van der Waals surface area contributed by atoms with Crippen LogP contribution in [0.5, 0.6) is 0 Å². The fraction of sp³-hybridized carbons (Fsp3) is 0.364. The maximum absolute atomic E-state index is 13.1. The van der Waals surface area contributed by atoms with E-state index in [4.69, 9.17) is 0 Å². The summed E-state index contributed by atoms with van der Waals surface area (Å²) < 4.78 is 27.4. The number of non-ortho nitro benzene ring substituents is 1. The van der Waals surface area contributed by atoms with Gasteiger partial charge in [0.2, 0.25) is 15.9 Å². The van der Waals surface area contributed by atoms with Crippen molar-refractivity contribution in [1.29, 1.82) is 0 Å². The first kappa shape index (κ1) is 24.3. The fourth-order valence-electron chi connectivity index (χ4n) is 3.78. The summed E-state index contributed by atoms with van der Waals surface area (Å²) in [5.74, 6) is -0.732. The van der Waals surface area contributed by atoms with Gasteiger partial charge in [0, 0.05) is 50.3 Å². The molecule has 2 aromatic carbocycles. The molecular weight excluding hydrogens is 448 g/mol. The number of nitrogens with zero attached hydrogens (tertiary/aromatic N) is 2. The molecule has 2 N–H and O–H groups in total. The minimum Gasteiger partial charge on any atom is -0.355 e. The number of hydrogen-bond donors (Lipinski definition) is 2. The van der Waals surface area contributed by atoms with E-state index in [9.17, 15) is 28.1 Å². The van der Waals surface area contributed by atoms with Gasteiger partial charge in [-0.25, -0.2) is 8.42 Å². The summed E-state index contributed by atoms with van der Waals surface area (Å²) in [5.41, 5.74) is 1.43. The molecule has 1 heterocycles. The van der Waals surface area contributed by atoms with E-state index in [2.05, 4.69) is 10.6 Å². The smallest absolute Gasteiger partial charge is 0.270 e. The number of aryl methyl sites for hydroxylation is 1. The van der Waals surface area contributed by atoms with Gasteiger partial charge in [-0.15, -0.1) is 0 Å². The number of benzene rings is 2. The minimum atomic E-state index is -3.91. The normalized spacial score (nSPS) is 15.1. The second-order valence-corrected chi connectivity index (χ2v) is 9.79. The number of piperidine rings is 1. The molecule has 10 nitrogen and oxygen atoms in total. The van der Waals surface area contributed by atoms with Crippen molar-refractivity contribution in [3.05, 3.63) is 69.3 Å². The average molecular weight is 475 g/mol. The van der Waals surface area contributed by atoms with Gasteiger partial charge in [0.05, 0.1) is 9.82 Å². The quantitative estimate of drug-likeness (QED) is 0.465. The maximum atomic E-state index is 13.1. The van der Waals surface area contributed by atoms with Crippen LogP contribution in [-0.4, -0.2) is 49.6 Å². The van der Waals surface area contributed by atoms with Crippen molar-refractivity contribution < 1.29 is 22.9 Å². The third-order valence-electron chi connectivity index (χ3n) is 5.71. The van der Waals surface area contributed by atoms with E-state index >= 15 is 0 Å². The molecule has 1 saturated heterocycles. The molecule has 11 heteroatoms. The molecule has 0 radical (unpaired) electrons. The molecule has 2 aromatic rings. The number of carbonyl (C=O) groups excluding carboxylic acids is 2. The van der Waals surface area contributed by atoms with Crippen molar-refractivity contribution in [1.82, 2.24) is 14.9 Å². The van der Waals surface area contributed by atoms with Gasteiger partial charge in [0.1, 0.15) is 0 Å². The van der Waals surface area contributed by atoms with Crippen LogP contribution in [0.3, 0.4) is 0 Å². The summed E-state index contributed by atoms with van der Waals surface area (Å²) in [5, 5.41) is 16.5. The molecule has 3 rings (SSSR count). The average Bonchev–Trinajstić information content (AvgIpc) is 2.82. The Kier molecular flexibility index (Phi) is 7.44. The standard InChI is InChI=1S/C22H26N4O6S/c1-15-6-7-19(26(29)30)13-20(15)33(31,32)25-10-8-17(9-11-25)22(28)24-14-16-4-3-5-18(12-16)21(27)23-2/h3-7,12-13,17H,8-11,14H2,1-2H3,(H,23,27)(H,24,28). The van der Waals surface area contributed by atoms with Gasteiger partial charge in [-0.1, -0.05) is 18.2 Å². The van der Waals surface area contributed by atoms with Gasteiger partial charge in [-0.05, 0) is 43.0 Å². The number of nitrogens with one attached hydrogen (secondary N) is 2. The van der Waals surface area contributed by atoms with Crippen LogP contribution in [0.25, 0.3) is 0 Å². The SMILES string of the molecule is CNC(=O)c1cccc(CNC(=O)C2CCN(S(=O)(=O)c3cc([N+](=O)[O-])ccc3C)CC2)c1. The lowest BCUT2D eigenvalue weighted by Crippen LogP contribution is -2.43. The van der Waals surface area contributed by atoms with Crippen LogP contribution < -0.4 is 10.6 Å². The van der Waals surface area contributed by atoms with Crippen molar-refractivity contribution in [2.45, 2.75) is 31.2 Å². The molecule has 0 spiro atoms. The van der Waals surface area contributed by atoms with Gasteiger partial charge < -0.3 is 10.6 Å². The summed E-state index contributed by atoms with van der Waals surface area (Å²) in [6.45, 7) is 2.15. The molecule has 1 aliphatic rings. The summed E-state index contributed by atoms with van der Waals surface area (Å²) >= 11 is 0. The van der Waals surface area contributed by atoms with Crippen LogP contribution in [0.2, 0.25) is 0 Å². The first-order valence-electron chi connectivity index (χ1n) is 10.5. The summed E-state index contributed by atoms with van der Waals surface area (Å²) in [6, 6.07) is 10.7. The lowest BCUT2D eigenvalue weighted by Gasteiger charge is -2.30. The zero-order valence-corrected chi connectivity index (χ0v) is 19.2. The Bertz CT molecular complexity index is 1170. The van der Waals surface area contributed by atoms with E-state index in [-0.39, 0.29) is 47.9 Å². The Morgan fingerprint density at radius 3 is 2.48 bits per heavy atom. The largest absolute Gasteiger partial charge is 0.355 e. The van der Waals surface area contributed by atoms with Crippen LogP contribution in [0, 0.1) is 23.0 Å². The van der Waals surface area contributed by atoms with E-state index < -0.39 is 14.9 Å². The van der Waals surface area contributed by atoms with Crippen molar-refractivity contribution >= 4 is 27.5 Å². The Morgan fingerprint density at radius 2 is 1.85 bits per heavy atom. The molecule has 0 saturated carbocycles. The molecular formula is C22H26N4O6S. The molecule has 0 bridgehead atoms. The topological polar surface area (TPSA) is 139 Å². The van der Waals surface area contributed by atoms with Crippen molar-refractivity contribution in [3.63, 3.8) is 0 Å². The number of sulfonamides is 1. The molecule has 176 valence electrons. The Morgan fingerprint density at radius 1 is 1.15 bits per heavy atom. The molecule has 0 aromatic heterocycles. The van der Waals surface area contributed by atoms with E-state index in [1.54, 1.807) is 32.2 Å².